The SMILES string of the molecule is CN(C)c1ccc(NC(=O)CSc2nc3ccsc3c(=O)n2-c2cc(F)cc(F)c2)cc1. The third-order valence-electron chi connectivity index (χ3n) is 4.55. The first-order chi connectivity index (χ1) is 15.3. The van der Waals surface area contributed by atoms with Gasteiger partial charge < -0.3 is 10.2 Å². The van der Waals surface area contributed by atoms with E-state index in [1.54, 1.807) is 23.6 Å². The molecule has 0 aliphatic heterocycles. The zero-order valence-corrected chi connectivity index (χ0v) is 18.8. The number of nitrogens with one attached hydrogen (secondary N) is 1. The Morgan fingerprint density at radius 1 is 1.12 bits per heavy atom. The number of anilines is 2. The highest BCUT2D eigenvalue weighted by Crippen LogP contribution is 2.25. The highest BCUT2D eigenvalue weighted by Gasteiger charge is 2.17. The molecule has 2 heterocycles. The van der Waals surface area contributed by atoms with Crippen LogP contribution < -0.4 is 15.8 Å². The number of hydrogen-bond acceptors (Lipinski definition) is 6. The van der Waals surface area contributed by atoms with Crippen LogP contribution in [0.3, 0.4) is 0 Å². The summed E-state index contributed by atoms with van der Waals surface area (Å²) in [6.45, 7) is 0. The lowest BCUT2D eigenvalue weighted by molar-refractivity contribution is -0.113. The molecule has 10 heteroatoms. The minimum absolute atomic E-state index is 0.0116. The average molecular weight is 473 g/mol. The molecule has 4 rings (SSSR count). The fourth-order valence-electron chi connectivity index (χ4n) is 3.06. The van der Waals surface area contributed by atoms with Gasteiger partial charge in [0.2, 0.25) is 5.91 Å². The molecule has 1 N–H and O–H groups in total. The van der Waals surface area contributed by atoms with E-state index in [1.165, 1.54) is 11.3 Å². The summed E-state index contributed by atoms with van der Waals surface area (Å²) in [5, 5.41) is 4.68. The Kier molecular flexibility index (Phi) is 6.24. The molecule has 0 spiro atoms. The third-order valence-corrected chi connectivity index (χ3v) is 6.38. The molecule has 1 amide bonds. The van der Waals surface area contributed by atoms with Crippen LogP contribution in [0, 0.1) is 11.6 Å². The van der Waals surface area contributed by atoms with Gasteiger partial charge in [0.05, 0.1) is 17.0 Å². The van der Waals surface area contributed by atoms with Crippen molar-refractivity contribution in [3.63, 3.8) is 0 Å². The molecule has 2 aromatic heterocycles. The fraction of sp³-hybridized carbons (Fsp3) is 0.136. The zero-order valence-electron chi connectivity index (χ0n) is 17.1. The van der Waals surface area contributed by atoms with Gasteiger partial charge in [-0.25, -0.2) is 13.8 Å². The van der Waals surface area contributed by atoms with Crippen molar-refractivity contribution < 1.29 is 13.6 Å². The third kappa shape index (κ3) is 4.66. The van der Waals surface area contributed by atoms with Crippen molar-refractivity contribution in [3.05, 3.63) is 75.9 Å². The number of amides is 1. The molecule has 6 nitrogen and oxygen atoms in total. The Balaban J connectivity index is 1.61. The molecular formula is C22H18F2N4O2S2. The summed E-state index contributed by atoms with van der Waals surface area (Å²) in [7, 11) is 3.84. The number of halogens is 2. The number of nitrogens with zero attached hydrogens (tertiary/aromatic N) is 3. The van der Waals surface area contributed by atoms with Gasteiger partial charge in [-0.05, 0) is 47.8 Å². The van der Waals surface area contributed by atoms with Crippen molar-refractivity contribution in [2.24, 2.45) is 0 Å². The van der Waals surface area contributed by atoms with Crippen LogP contribution >= 0.6 is 23.1 Å². The molecule has 32 heavy (non-hydrogen) atoms. The molecule has 0 aliphatic carbocycles. The Labute approximate surface area is 190 Å². The van der Waals surface area contributed by atoms with Crippen LogP contribution in [0.15, 0.2) is 63.9 Å². The van der Waals surface area contributed by atoms with E-state index >= 15 is 0 Å². The Bertz CT molecular complexity index is 1330. The predicted octanol–water partition coefficient (Wildman–Crippen LogP) is 4.52. The molecular weight excluding hydrogens is 454 g/mol. The van der Waals surface area contributed by atoms with Crippen LogP contribution in [0.25, 0.3) is 15.9 Å². The summed E-state index contributed by atoms with van der Waals surface area (Å²) in [6.07, 6.45) is 0. The first-order valence-corrected chi connectivity index (χ1v) is 11.3. The van der Waals surface area contributed by atoms with Crippen molar-refractivity contribution in [2.45, 2.75) is 5.16 Å². The summed E-state index contributed by atoms with van der Waals surface area (Å²) in [5.74, 6) is -1.97. The van der Waals surface area contributed by atoms with E-state index in [4.69, 9.17) is 0 Å². The lowest BCUT2D eigenvalue weighted by Gasteiger charge is -2.14. The number of thiophene rings is 1. The smallest absolute Gasteiger partial charge is 0.276 e. The topological polar surface area (TPSA) is 67.2 Å². The highest BCUT2D eigenvalue weighted by molar-refractivity contribution is 7.99. The number of carbonyl (C=O) groups excluding carboxylic acids is 1. The largest absolute Gasteiger partial charge is 0.378 e. The molecule has 0 saturated heterocycles. The number of hydrogen-bond donors (Lipinski definition) is 1. The predicted molar refractivity (Wildman–Crippen MR) is 125 cm³/mol. The van der Waals surface area contributed by atoms with Crippen LogP contribution in [-0.4, -0.2) is 35.3 Å². The fourth-order valence-corrected chi connectivity index (χ4v) is 4.63. The number of rotatable bonds is 6. The number of thioether (sulfide) groups is 1. The van der Waals surface area contributed by atoms with Crippen LogP contribution in [-0.2, 0) is 4.79 Å². The van der Waals surface area contributed by atoms with Gasteiger partial charge in [0.1, 0.15) is 16.3 Å². The van der Waals surface area contributed by atoms with Crippen LogP contribution in [0.4, 0.5) is 20.2 Å². The van der Waals surface area contributed by atoms with E-state index in [0.717, 1.165) is 40.2 Å². The van der Waals surface area contributed by atoms with Crippen molar-refractivity contribution in [3.8, 4) is 5.69 Å². The van der Waals surface area contributed by atoms with Crippen LogP contribution in [0.1, 0.15) is 0 Å². The molecule has 0 aliphatic rings. The van der Waals surface area contributed by atoms with Crippen LogP contribution in [0.5, 0.6) is 0 Å². The molecule has 0 radical (unpaired) electrons. The molecule has 164 valence electrons. The minimum atomic E-state index is -0.812. The van der Waals surface area contributed by atoms with Gasteiger partial charge >= 0.3 is 0 Å². The number of benzene rings is 2. The van der Waals surface area contributed by atoms with Crippen molar-refractivity contribution in [1.29, 1.82) is 0 Å². The lowest BCUT2D eigenvalue weighted by atomic mass is 10.2. The minimum Gasteiger partial charge on any atom is -0.378 e. The second-order valence-corrected chi connectivity index (χ2v) is 8.93. The van der Waals surface area contributed by atoms with Gasteiger partial charge in [-0.3, -0.25) is 14.2 Å². The summed E-state index contributed by atoms with van der Waals surface area (Å²) in [6, 6.07) is 11.9. The normalized spacial score (nSPS) is 11.0. The Morgan fingerprint density at radius 2 is 1.81 bits per heavy atom. The van der Waals surface area contributed by atoms with Gasteiger partial charge in [-0.2, -0.15) is 0 Å². The quantitative estimate of drug-likeness (QED) is 0.330. The summed E-state index contributed by atoms with van der Waals surface area (Å²) in [5.41, 5.74) is 1.66. The summed E-state index contributed by atoms with van der Waals surface area (Å²) >= 11 is 2.21. The van der Waals surface area contributed by atoms with E-state index in [1.807, 2.05) is 31.1 Å². The standard InChI is InChI=1S/C22H18F2N4O2S2/c1-27(2)16-5-3-15(4-6-16)25-19(29)12-32-22-26-18-7-8-31-20(18)21(30)28(22)17-10-13(23)9-14(24)11-17/h3-11H,12H2,1-2H3,(H,25,29). The molecule has 0 unspecified atom stereocenters. The second kappa shape index (κ2) is 9.09. The van der Waals surface area contributed by atoms with Gasteiger partial charge in [-0.1, -0.05) is 11.8 Å². The molecule has 0 bridgehead atoms. The number of fused-ring (bicyclic) bond motifs is 1. The molecule has 0 atom stereocenters. The monoisotopic (exact) mass is 472 g/mol. The Hall–Kier alpha value is -3.24. The molecule has 0 saturated carbocycles. The summed E-state index contributed by atoms with van der Waals surface area (Å²) < 4.78 is 29.1. The average Bonchev–Trinajstić information content (AvgIpc) is 3.21. The number of carbonyl (C=O) groups is 1. The van der Waals surface area contributed by atoms with Crippen molar-refractivity contribution in [2.75, 3.05) is 30.1 Å². The van der Waals surface area contributed by atoms with Gasteiger partial charge in [0, 0.05) is 31.5 Å². The maximum atomic E-state index is 13.8. The maximum absolute atomic E-state index is 13.8. The molecule has 2 aromatic carbocycles. The highest BCUT2D eigenvalue weighted by atomic mass is 32.2. The van der Waals surface area contributed by atoms with E-state index in [9.17, 15) is 18.4 Å². The summed E-state index contributed by atoms with van der Waals surface area (Å²) in [4.78, 5) is 31.9. The number of aromatic nitrogens is 2. The van der Waals surface area contributed by atoms with E-state index < -0.39 is 17.2 Å². The first kappa shape index (κ1) is 22.0. The van der Waals surface area contributed by atoms with Gasteiger partial charge in [-0.15, -0.1) is 11.3 Å². The van der Waals surface area contributed by atoms with Gasteiger partial charge in [0.25, 0.3) is 5.56 Å². The molecule has 0 fully saturated rings. The van der Waals surface area contributed by atoms with Crippen LogP contribution in [0.2, 0.25) is 0 Å². The second-order valence-electron chi connectivity index (χ2n) is 7.08. The van der Waals surface area contributed by atoms with Gasteiger partial charge in [0.15, 0.2) is 5.16 Å². The first-order valence-electron chi connectivity index (χ1n) is 9.48. The van der Waals surface area contributed by atoms with E-state index in [0.29, 0.717) is 15.9 Å². The molecule has 4 aromatic rings. The maximum Gasteiger partial charge on any atom is 0.276 e. The van der Waals surface area contributed by atoms with Crippen molar-refractivity contribution >= 4 is 50.6 Å². The van der Waals surface area contributed by atoms with E-state index in [-0.39, 0.29) is 22.5 Å². The Morgan fingerprint density at radius 3 is 2.47 bits per heavy atom. The van der Waals surface area contributed by atoms with Crippen molar-refractivity contribution in [1.82, 2.24) is 9.55 Å². The zero-order chi connectivity index (χ0) is 22.8. The lowest BCUT2D eigenvalue weighted by Crippen LogP contribution is -2.22. The van der Waals surface area contributed by atoms with E-state index in [2.05, 4.69) is 10.3 Å².